The highest BCUT2D eigenvalue weighted by atomic mass is 32.2. The van der Waals surface area contributed by atoms with Crippen LogP contribution in [0, 0.1) is 10.1 Å². The number of hydrogen-bond donors (Lipinski definition) is 1. The summed E-state index contributed by atoms with van der Waals surface area (Å²) in [5.41, 5.74) is 1.02. The van der Waals surface area contributed by atoms with Gasteiger partial charge in [0.05, 0.1) is 4.92 Å². The molecule has 1 aromatic heterocycles. The molecule has 1 aliphatic carbocycles. The molecule has 104 valence electrons. The third-order valence-corrected chi connectivity index (χ3v) is 4.30. The van der Waals surface area contributed by atoms with Crippen molar-refractivity contribution in [2.75, 3.05) is 0 Å². The summed E-state index contributed by atoms with van der Waals surface area (Å²) in [6.45, 7) is 2.00. The van der Waals surface area contributed by atoms with Crippen LogP contribution in [0.5, 0.6) is 0 Å². The Morgan fingerprint density at radius 3 is 3.00 bits per heavy atom. The summed E-state index contributed by atoms with van der Waals surface area (Å²) in [5, 5.41) is 18.7. The highest BCUT2D eigenvalue weighted by molar-refractivity contribution is 7.99. The number of H-pyrrole nitrogens is 1. The summed E-state index contributed by atoms with van der Waals surface area (Å²) in [6, 6.07) is 6.70. The molecule has 20 heavy (non-hydrogen) atoms. The van der Waals surface area contributed by atoms with E-state index in [-0.39, 0.29) is 15.9 Å². The predicted molar refractivity (Wildman–Crippen MR) is 75.7 cm³/mol. The van der Waals surface area contributed by atoms with Gasteiger partial charge >= 0.3 is 0 Å². The second-order valence-corrected chi connectivity index (χ2v) is 6.20. The van der Waals surface area contributed by atoms with Gasteiger partial charge in [-0.2, -0.15) is 0 Å². The number of nitro groups is 1. The smallest absolute Gasteiger partial charge is 0.262 e. The largest absolute Gasteiger partial charge is 0.269 e. The Morgan fingerprint density at radius 2 is 2.30 bits per heavy atom. The lowest BCUT2D eigenvalue weighted by Gasteiger charge is -2.08. The van der Waals surface area contributed by atoms with E-state index in [4.69, 9.17) is 0 Å². The van der Waals surface area contributed by atoms with Gasteiger partial charge in [-0.1, -0.05) is 23.9 Å². The summed E-state index contributed by atoms with van der Waals surface area (Å²) < 4.78 is 0. The van der Waals surface area contributed by atoms with Gasteiger partial charge in [-0.25, -0.2) is 4.98 Å². The van der Waals surface area contributed by atoms with Crippen LogP contribution in [0.25, 0.3) is 0 Å². The first-order valence-electron chi connectivity index (χ1n) is 6.47. The first-order valence-corrected chi connectivity index (χ1v) is 7.35. The van der Waals surface area contributed by atoms with Gasteiger partial charge in [0, 0.05) is 23.3 Å². The van der Waals surface area contributed by atoms with Gasteiger partial charge in [0.1, 0.15) is 5.82 Å². The molecule has 0 amide bonds. The Bertz CT molecular complexity index is 639. The number of nitrogens with zero attached hydrogens (tertiary/aromatic N) is 3. The van der Waals surface area contributed by atoms with E-state index in [1.807, 2.05) is 13.0 Å². The first kappa shape index (κ1) is 13.1. The quantitative estimate of drug-likeness (QED) is 0.518. The van der Waals surface area contributed by atoms with Crippen LogP contribution in [-0.2, 0) is 0 Å². The molecular weight excluding hydrogens is 276 g/mol. The number of rotatable bonds is 5. The third kappa shape index (κ3) is 2.82. The molecule has 1 unspecified atom stereocenters. The molecule has 3 rings (SSSR count). The van der Waals surface area contributed by atoms with Crippen molar-refractivity contribution in [2.45, 2.75) is 36.1 Å². The van der Waals surface area contributed by atoms with Crippen LogP contribution < -0.4 is 0 Å². The first-order chi connectivity index (χ1) is 9.63. The molecule has 1 N–H and O–H groups in total. The zero-order chi connectivity index (χ0) is 14.1. The van der Waals surface area contributed by atoms with Gasteiger partial charge in [-0.15, -0.1) is 5.10 Å². The van der Waals surface area contributed by atoms with Gasteiger partial charge in [0.2, 0.25) is 5.16 Å². The molecule has 1 atom stereocenters. The standard InChI is InChI=1S/C13H14N4O2S/c1-8(10-3-2-4-11(7-10)17(18)19)20-13-14-12(15-16-13)9-5-6-9/h2-4,7-9H,5-6H2,1H3,(H,14,15,16). The molecular formula is C13H14N4O2S. The average Bonchev–Trinajstić information content (AvgIpc) is 3.20. The number of thioether (sulfide) groups is 1. The summed E-state index contributed by atoms with van der Waals surface area (Å²) >= 11 is 1.51. The van der Waals surface area contributed by atoms with Gasteiger partial charge in [-0.3, -0.25) is 15.2 Å². The van der Waals surface area contributed by atoms with Crippen LogP contribution in [0.2, 0.25) is 0 Å². The summed E-state index contributed by atoms with van der Waals surface area (Å²) in [5.74, 6) is 1.50. The van der Waals surface area contributed by atoms with E-state index in [2.05, 4.69) is 15.2 Å². The molecule has 0 radical (unpaired) electrons. The van der Waals surface area contributed by atoms with E-state index < -0.39 is 0 Å². The molecule has 7 heteroatoms. The van der Waals surface area contributed by atoms with Crippen LogP contribution in [-0.4, -0.2) is 20.1 Å². The second-order valence-electron chi connectivity index (χ2n) is 4.89. The normalized spacial score (nSPS) is 16.1. The van der Waals surface area contributed by atoms with Gasteiger partial charge < -0.3 is 0 Å². The molecule has 1 aliphatic rings. The zero-order valence-electron chi connectivity index (χ0n) is 10.9. The summed E-state index contributed by atoms with van der Waals surface area (Å²) in [4.78, 5) is 14.9. The van der Waals surface area contributed by atoms with Crippen molar-refractivity contribution in [1.82, 2.24) is 15.2 Å². The Labute approximate surface area is 120 Å². The maximum Gasteiger partial charge on any atom is 0.269 e. The lowest BCUT2D eigenvalue weighted by Crippen LogP contribution is -1.93. The molecule has 1 aromatic carbocycles. The molecule has 2 aromatic rings. The van der Waals surface area contributed by atoms with Gasteiger partial charge in [-0.05, 0) is 25.3 Å². The molecule has 1 fully saturated rings. The van der Waals surface area contributed by atoms with E-state index in [9.17, 15) is 10.1 Å². The highest BCUT2D eigenvalue weighted by Gasteiger charge is 2.27. The molecule has 1 saturated carbocycles. The minimum Gasteiger partial charge on any atom is -0.262 e. The SMILES string of the molecule is CC(Sc1n[nH]c(C2CC2)n1)c1cccc([N+](=O)[O-])c1. The number of non-ortho nitro benzene ring substituents is 1. The number of hydrogen-bond acceptors (Lipinski definition) is 5. The van der Waals surface area contributed by atoms with E-state index in [1.54, 1.807) is 12.1 Å². The lowest BCUT2D eigenvalue weighted by molar-refractivity contribution is -0.384. The minimum absolute atomic E-state index is 0.0674. The van der Waals surface area contributed by atoms with Crippen LogP contribution >= 0.6 is 11.8 Å². The number of aromatic amines is 1. The molecule has 0 saturated heterocycles. The van der Waals surface area contributed by atoms with Crippen molar-refractivity contribution in [3.63, 3.8) is 0 Å². The fourth-order valence-electron chi connectivity index (χ4n) is 1.97. The predicted octanol–water partition coefficient (Wildman–Crippen LogP) is 3.44. The van der Waals surface area contributed by atoms with Crippen LogP contribution in [0.4, 0.5) is 5.69 Å². The number of aromatic nitrogens is 3. The molecule has 0 bridgehead atoms. The van der Waals surface area contributed by atoms with E-state index >= 15 is 0 Å². The monoisotopic (exact) mass is 290 g/mol. The van der Waals surface area contributed by atoms with Crippen molar-refractivity contribution < 1.29 is 4.92 Å². The number of nitro benzene ring substituents is 1. The van der Waals surface area contributed by atoms with Crippen molar-refractivity contribution in [3.05, 3.63) is 45.8 Å². The van der Waals surface area contributed by atoms with Crippen LogP contribution in [0.3, 0.4) is 0 Å². The summed E-state index contributed by atoms with van der Waals surface area (Å²) in [6.07, 6.45) is 2.36. The Hall–Kier alpha value is -1.89. The van der Waals surface area contributed by atoms with E-state index in [0.717, 1.165) is 11.4 Å². The van der Waals surface area contributed by atoms with E-state index in [0.29, 0.717) is 11.1 Å². The average molecular weight is 290 g/mol. The lowest BCUT2D eigenvalue weighted by atomic mass is 10.1. The molecule has 6 nitrogen and oxygen atoms in total. The molecule has 0 spiro atoms. The van der Waals surface area contributed by atoms with Crippen LogP contribution in [0.15, 0.2) is 29.4 Å². The number of benzene rings is 1. The van der Waals surface area contributed by atoms with E-state index in [1.165, 1.54) is 30.7 Å². The van der Waals surface area contributed by atoms with Crippen molar-refractivity contribution >= 4 is 17.4 Å². The van der Waals surface area contributed by atoms with Crippen molar-refractivity contribution in [3.8, 4) is 0 Å². The summed E-state index contributed by atoms with van der Waals surface area (Å²) in [7, 11) is 0. The fraction of sp³-hybridized carbons (Fsp3) is 0.385. The topological polar surface area (TPSA) is 84.7 Å². The Kier molecular flexibility index (Phi) is 3.43. The minimum atomic E-state index is -0.376. The maximum atomic E-state index is 10.8. The molecule has 1 heterocycles. The second kappa shape index (κ2) is 5.24. The third-order valence-electron chi connectivity index (χ3n) is 3.28. The maximum absolute atomic E-state index is 10.8. The zero-order valence-corrected chi connectivity index (χ0v) is 11.8. The van der Waals surface area contributed by atoms with Crippen LogP contribution in [0.1, 0.15) is 42.3 Å². The van der Waals surface area contributed by atoms with Gasteiger partial charge in [0.15, 0.2) is 0 Å². The Morgan fingerprint density at radius 1 is 1.50 bits per heavy atom. The Balaban J connectivity index is 1.72. The van der Waals surface area contributed by atoms with Gasteiger partial charge in [0.25, 0.3) is 5.69 Å². The van der Waals surface area contributed by atoms with Crippen molar-refractivity contribution in [1.29, 1.82) is 0 Å². The fourth-order valence-corrected chi connectivity index (χ4v) is 2.82. The molecule has 0 aliphatic heterocycles. The van der Waals surface area contributed by atoms with Crippen molar-refractivity contribution in [2.24, 2.45) is 0 Å². The number of nitrogens with one attached hydrogen (secondary N) is 1. The highest BCUT2D eigenvalue weighted by Crippen LogP contribution is 2.40.